The Balaban J connectivity index is 1.26. The van der Waals surface area contributed by atoms with Crippen molar-refractivity contribution in [2.75, 3.05) is 26.4 Å². The third kappa shape index (κ3) is 4.14. The summed E-state index contributed by atoms with van der Waals surface area (Å²) in [4.78, 5) is 38.5. The van der Waals surface area contributed by atoms with Gasteiger partial charge in [-0.15, -0.1) is 0 Å². The number of carbonyl (C=O) groups excluding carboxylic acids is 2. The molecule has 178 valence electrons. The molecule has 2 N–H and O–H groups in total. The normalized spacial score (nSPS) is 20.6. The Morgan fingerprint density at radius 1 is 1.03 bits per heavy atom. The molecule has 0 radical (unpaired) electrons. The van der Waals surface area contributed by atoms with Gasteiger partial charge in [0, 0.05) is 25.7 Å². The van der Waals surface area contributed by atoms with Gasteiger partial charge in [-0.1, -0.05) is 48.5 Å². The molecule has 0 bridgehead atoms. The van der Waals surface area contributed by atoms with E-state index in [1.165, 1.54) is 4.90 Å². The molecule has 2 aromatic carbocycles. The smallest absolute Gasteiger partial charge is 0.407 e. The third-order valence-corrected chi connectivity index (χ3v) is 7.28. The van der Waals surface area contributed by atoms with E-state index in [0.717, 1.165) is 22.3 Å². The first-order valence-electron chi connectivity index (χ1n) is 11.7. The van der Waals surface area contributed by atoms with Crippen molar-refractivity contribution < 1.29 is 29.0 Å². The molecule has 3 aliphatic rings. The van der Waals surface area contributed by atoms with Crippen molar-refractivity contribution in [2.24, 2.45) is 0 Å². The van der Waals surface area contributed by atoms with E-state index in [2.05, 4.69) is 29.6 Å². The zero-order chi connectivity index (χ0) is 23.7. The van der Waals surface area contributed by atoms with E-state index in [9.17, 15) is 19.5 Å². The lowest BCUT2D eigenvalue weighted by Crippen LogP contribution is -2.60. The van der Waals surface area contributed by atoms with Gasteiger partial charge in [0.15, 0.2) is 0 Å². The van der Waals surface area contributed by atoms with Gasteiger partial charge in [0.05, 0.1) is 12.0 Å². The maximum atomic E-state index is 12.9. The molecule has 2 fully saturated rings. The van der Waals surface area contributed by atoms with E-state index in [4.69, 9.17) is 9.47 Å². The van der Waals surface area contributed by atoms with Gasteiger partial charge in [-0.2, -0.15) is 0 Å². The van der Waals surface area contributed by atoms with Gasteiger partial charge in [0.1, 0.15) is 12.6 Å². The number of fused-ring (bicyclic) bond motifs is 3. The Kier molecular flexibility index (Phi) is 6.00. The minimum atomic E-state index is -0.995. The second-order valence-corrected chi connectivity index (χ2v) is 9.25. The van der Waals surface area contributed by atoms with E-state index in [1.54, 1.807) is 0 Å². The van der Waals surface area contributed by atoms with Gasteiger partial charge in [-0.3, -0.25) is 4.79 Å². The average molecular weight is 465 g/mol. The first kappa shape index (κ1) is 22.4. The fourth-order valence-corrected chi connectivity index (χ4v) is 5.29. The lowest BCUT2D eigenvalue weighted by Gasteiger charge is -2.42. The highest BCUT2D eigenvalue weighted by atomic mass is 16.5. The second kappa shape index (κ2) is 9.10. The van der Waals surface area contributed by atoms with Crippen LogP contribution in [0.4, 0.5) is 4.79 Å². The van der Waals surface area contributed by atoms with Crippen molar-refractivity contribution in [2.45, 2.75) is 43.2 Å². The van der Waals surface area contributed by atoms with Gasteiger partial charge in [-0.05, 0) is 41.5 Å². The summed E-state index contributed by atoms with van der Waals surface area (Å²) in [5, 5.41) is 12.2. The molecule has 34 heavy (non-hydrogen) atoms. The van der Waals surface area contributed by atoms with Crippen LogP contribution < -0.4 is 5.32 Å². The van der Waals surface area contributed by atoms with E-state index >= 15 is 0 Å². The summed E-state index contributed by atoms with van der Waals surface area (Å²) in [6.07, 6.45) is 0.847. The van der Waals surface area contributed by atoms with Gasteiger partial charge >= 0.3 is 12.1 Å². The van der Waals surface area contributed by atoms with Crippen LogP contribution in [0.2, 0.25) is 0 Å². The zero-order valence-corrected chi connectivity index (χ0v) is 18.9. The number of nitrogens with zero attached hydrogens (tertiary/aromatic N) is 1. The lowest BCUT2D eigenvalue weighted by molar-refractivity contribution is -0.158. The summed E-state index contributed by atoms with van der Waals surface area (Å²) in [5.74, 6) is -1.31. The molecule has 1 aliphatic carbocycles. The molecule has 8 heteroatoms. The predicted octanol–water partition coefficient (Wildman–Crippen LogP) is 3.15. The number of nitrogens with one attached hydrogen (secondary N) is 1. The summed E-state index contributed by atoms with van der Waals surface area (Å²) < 4.78 is 11.2. The molecular weight excluding hydrogens is 436 g/mol. The summed E-state index contributed by atoms with van der Waals surface area (Å²) in [7, 11) is 0. The van der Waals surface area contributed by atoms with E-state index in [1.807, 2.05) is 24.3 Å². The fourth-order valence-electron chi connectivity index (χ4n) is 5.29. The van der Waals surface area contributed by atoms with Crippen molar-refractivity contribution in [1.82, 2.24) is 10.2 Å². The van der Waals surface area contributed by atoms with Crippen molar-refractivity contribution in [1.29, 1.82) is 0 Å². The maximum Gasteiger partial charge on any atom is 0.407 e. The Hall–Kier alpha value is -3.39. The SMILES string of the molecule is O=C(NC1(CC(=O)N2CCC2C(=O)O)CCOCC1)OCC1c2ccccc2-c2ccccc21. The molecule has 0 spiro atoms. The molecule has 2 aliphatic heterocycles. The summed E-state index contributed by atoms with van der Waals surface area (Å²) in [5.41, 5.74) is 3.76. The van der Waals surface area contributed by atoms with Crippen LogP contribution in [0.15, 0.2) is 48.5 Å². The molecule has 2 saturated heterocycles. The van der Waals surface area contributed by atoms with Crippen LogP contribution >= 0.6 is 0 Å². The molecule has 8 nitrogen and oxygen atoms in total. The minimum Gasteiger partial charge on any atom is -0.480 e. The largest absolute Gasteiger partial charge is 0.480 e. The van der Waals surface area contributed by atoms with Crippen LogP contribution in [0.25, 0.3) is 11.1 Å². The number of carbonyl (C=O) groups is 3. The molecular formula is C26H28N2O6. The first-order chi connectivity index (χ1) is 16.5. The van der Waals surface area contributed by atoms with Crippen LogP contribution in [0.5, 0.6) is 0 Å². The highest BCUT2D eigenvalue weighted by Gasteiger charge is 2.43. The number of aliphatic carboxylic acids is 1. The molecule has 1 atom stereocenters. The van der Waals surface area contributed by atoms with Crippen LogP contribution in [-0.2, 0) is 19.1 Å². The Bertz CT molecular complexity index is 1060. The Morgan fingerprint density at radius 3 is 2.21 bits per heavy atom. The topological polar surface area (TPSA) is 105 Å². The number of rotatable bonds is 6. The fraction of sp³-hybridized carbons (Fsp3) is 0.423. The number of hydrogen-bond acceptors (Lipinski definition) is 5. The maximum absolute atomic E-state index is 12.9. The van der Waals surface area contributed by atoms with Crippen LogP contribution in [0, 0.1) is 0 Å². The molecule has 0 saturated carbocycles. The van der Waals surface area contributed by atoms with Gasteiger partial charge in [-0.25, -0.2) is 9.59 Å². The van der Waals surface area contributed by atoms with Crippen LogP contribution in [0.1, 0.15) is 42.7 Å². The number of likely N-dealkylation sites (tertiary alicyclic amines) is 1. The number of hydrogen-bond donors (Lipinski definition) is 2. The monoisotopic (exact) mass is 464 g/mol. The molecule has 2 amide bonds. The molecule has 5 rings (SSSR count). The molecule has 2 aromatic rings. The third-order valence-electron chi connectivity index (χ3n) is 7.28. The first-order valence-corrected chi connectivity index (χ1v) is 11.7. The number of ether oxygens (including phenoxy) is 2. The van der Waals surface area contributed by atoms with Gasteiger partial charge in [0.2, 0.25) is 5.91 Å². The zero-order valence-electron chi connectivity index (χ0n) is 18.9. The van der Waals surface area contributed by atoms with Crippen molar-refractivity contribution in [3.8, 4) is 11.1 Å². The van der Waals surface area contributed by atoms with Crippen LogP contribution in [-0.4, -0.2) is 65.9 Å². The Morgan fingerprint density at radius 2 is 1.65 bits per heavy atom. The summed E-state index contributed by atoms with van der Waals surface area (Å²) >= 11 is 0. The number of carboxylic acid groups (broad SMARTS) is 1. The minimum absolute atomic E-state index is 0.0321. The number of alkyl carbamates (subject to hydrolysis) is 1. The predicted molar refractivity (Wildman–Crippen MR) is 123 cm³/mol. The summed E-state index contributed by atoms with van der Waals surface area (Å²) in [6, 6.07) is 15.5. The van der Waals surface area contributed by atoms with Crippen molar-refractivity contribution in [3.63, 3.8) is 0 Å². The second-order valence-electron chi connectivity index (χ2n) is 9.25. The number of benzene rings is 2. The summed E-state index contributed by atoms with van der Waals surface area (Å²) in [6.45, 7) is 1.44. The molecule has 0 aromatic heterocycles. The Labute approximate surface area is 197 Å². The van der Waals surface area contributed by atoms with Crippen LogP contribution in [0.3, 0.4) is 0 Å². The lowest BCUT2D eigenvalue weighted by atomic mass is 9.85. The van der Waals surface area contributed by atoms with Gasteiger partial charge < -0.3 is 24.8 Å². The van der Waals surface area contributed by atoms with E-state index < -0.39 is 23.6 Å². The average Bonchev–Trinajstić information content (AvgIpc) is 3.11. The van der Waals surface area contributed by atoms with Crippen molar-refractivity contribution >= 4 is 18.0 Å². The van der Waals surface area contributed by atoms with Crippen molar-refractivity contribution in [3.05, 3.63) is 59.7 Å². The standard InChI is InChI=1S/C26H28N2O6/c29-23(28-12-9-22(28)24(30)31)15-26(10-13-33-14-11-26)27-25(32)34-16-21-19-7-3-1-5-17(19)18-6-2-4-8-20(18)21/h1-8,21-22H,9-16H2,(H,27,32)(H,30,31). The number of carboxylic acids is 1. The van der Waals surface area contributed by atoms with Gasteiger partial charge in [0.25, 0.3) is 0 Å². The van der Waals surface area contributed by atoms with E-state index in [-0.39, 0.29) is 24.9 Å². The highest BCUT2D eigenvalue weighted by Crippen LogP contribution is 2.44. The molecule has 2 heterocycles. The quantitative estimate of drug-likeness (QED) is 0.681. The molecule has 1 unspecified atom stereocenters. The highest BCUT2D eigenvalue weighted by molar-refractivity contribution is 5.86. The van der Waals surface area contributed by atoms with E-state index in [0.29, 0.717) is 39.0 Å². The number of amides is 2.